The number of nitriles is 1. The van der Waals surface area contributed by atoms with Crippen LogP contribution in [0.25, 0.3) is 0 Å². The molecule has 0 aromatic heterocycles. The lowest BCUT2D eigenvalue weighted by Crippen LogP contribution is -2.48. The molecule has 144 valence electrons. The van der Waals surface area contributed by atoms with Gasteiger partial charge in [-0.15, -0.1) is 0 Å². The van der Waals surface area contributed by atoms with E-state index in [9.17, 15) is 14.9 Å². The average molecular weight is 368 g/mol. The van der Waals surface area contributed by atoms with Crippen LogP contribution in [-0.2, 0) is 4.79 Å². The zero-order valence-electron chi connectivity index (χ0n) is 16.3. The third kappa shape index (κ3) is 3.98. The van der Waals surface area contributed by atoms with Gasteiger partial charge in [0.15, 0.2) is 0 Å². The number of hydrogen-bond donors (Lipinski definition) is 0. The summed E-state index contributed by atoms with van der Waals surface area (Å²) in [5.74, 6) is 0.0783. The molecule has 1 unspecified atom stereocenters. The number of benzene rings is 1. The molecule has 1 aromatic carbocycles. The molecule has 6 nitrogen and oxygen atoms in total. The predicted molar refractivity (Wildman–Crippen MR) is 103 cm³/mol. The van der Waals surface area contributed by atoms with Crippen LogP contribution >= 0.6 is 0 Å². The number of amides is 2. The van der Waals surface area contributed by atoms with Gasteiger partial charge < -0.3 is 9.80 Å². The Hall–Kier alpha value is -2.39. The van der Waals surface area contributed by atoms with Crippen LogP contribution in [0.15, 0.2) is 24.3 Å². The van der Waals surface area contributed by atoms with Gasteiger partial charge >= 0.3 is 0 Å². The standard InChI is InChI=1S/C21H28N4O2/c1-23(2)19(26)16-25-13-6-10-21(25)9-5-12-24(14-11-21)20(27)18-8-4-3-7-17(18)15-22/h3-4,7-8H,5-6,9-14,16H2,1-2H3. The number of likely N-dealkylation sites (tertiary alicyclic amines) is 2. The van der Waals surface area contributed by atoms with E-state index in [1.807, 2.05) is 4.90 Å². The molecule has 3 rings (SSSR count). The molecule has 0 radical (unpaired) electrons. The van der Waals surface area contributed by atoms with Gasteiger partial charge in [-0.3, -0.25) is 14.5 Å². The van der Waals surface area contributed by atoms with Gasteiger partial charge in [-0.2, -0.15) is 5.26 Å². The summed E-state index contributed by atoms with van der Waals surface area (Å²) >= 11 is 0. The van der Waals surface area contributed by atoms with E-state index in [0.29, 0.717) is 30.8 Å². The van der Waals surface area contributed by atoms with Gasteiger partial charge in [0.05, 0.1) is 23.7 Å². The van der Waals surface area contributed by atoms with E-state index >= 15 is 0 Å². The highest BCUT2D eigenvalue weighted by atomic mass is 16.2. The van der Waals surface area contributed by atoms with Crippen LogP contribution in [0.4, 0.5) is 0 Å². The van der Waals surface area contributed by atoms with E-state index in [2.05, 4.69) is 11.0 Å². The molecule has 1 atom stereocenters. The topological polar surface area (TPSA) is 67.7 Å². The third-order valence-corrected chi connectivity index (χ3v) is 6.05. The second kappa shape index (κ2) is 8.10. The molecule has 6 heteroatoms. The summed E-state index contributed by atoms with van der Waals surface area (Å²) in [6, 6.07) is 9.14. The second-order valence-electron chi connectivity index (χ2n) is 7.84. The number of likely N-dealkylation sites (N-methyl/N-ethyl adjacent to an activating group) is 1. The Kier molecular flexibility index (Phi) is 5.81. The molecule has 2 fully saturated rings. The van der Waals surface area contributed by atoms with Gasteiger partial charge in [-0.05, 0) is 50.8 Å². The normalized spacial score (nSPS) is 23.1. The zero-order chi connectivity index (χ0) is 19.4. The molecule has 2 heterocycles. The van der Waals surface area contributed by atoms with E-state index < -0.39 is 0 Å². The first-order chi connectivity index (χ1) is 13.0. The molecule has 0 bridgehead atoms. The van der Waals surface area contributed by atoms with Crippen LogP contribution in [0.3, 0.4) is 0 Å². The first-order valence-corrected chi connectivity index (χ1v) is 9.70. The third-order valence-electron chi connectivity index (χ3n) is 6.05. The summed E-state index contributed by atoms with van der Waals surface area (Å²) in [6.07, 6.45) is 5.01. The average Bonchev–Trinajstić information content (AvgIpc) is 2.92. The summed E-state index contributed by atoms with van der Waals surface area (Å²) in [7, 11) is 3.59. The summed E-state index contributed by atoms with van der Waals surface area (Å²) < 4.78 is 0. The first-order valence-electron chi connectivity index (χ1n) is 9.70. The molecule has 0 N–H and O–H groups in total. The Balaban J connectivity index is 1.72. The van der Waals surface area contributed by atoms with Gasteiger partial charge in [0.25, 0.3) is 5.91 Å². The smallest absolute Gasteiger partial charge is 0.255 e. The van der Waals surface area contributed by atoms with E-state index in [1.165, 1.54) is 0 Å². The van der Waals surface area contributed by atoms with Gasteiger partial charge in [-0.1, -0.05) is 12.1 Å². The Labute approximate surface area is 161 Å². The summed E-state index contributed by atoms with van der Waals surface area (Å²) in [6.45, 7) is 2.78. The van der Waals surface area contributed by atoms with Gasteiger partial charge in [0.2, 0.25) is 5.91 Å². The van der Waals surface area contributed by atoms with Crippen LogP contribution in [0.1, 0.15) is 48.0 Å². The number of carbonyl (C=O) groups is 2. The van der Waals surface area contributed by atoms with Crippen LogP contribution in [-0.4, -0.2) is 72.3 Å². The van der Waals surface area contributed by atoms with Crippen LogP contribution < -0.4 is 0 Å². The minimum Gasteiger partial charge on any atom is -0.348 e. The van der Waals surface area contributed by atoms with Crippen molar-refractivity contribution < 1.29 is 9.59 Å². The largest absolute Gasteiger partial charge is 0.348 e. The maximum Gasteiger partial charge on any atom is 0.255 e. The molecule has 2 amide bonds. The fraction of sp³-hybridized carbons (Fsp3) is 0.571. The fourth-order valence-electron chi connectivity index (χ4n) is 4.43. The molecule has 2 aliphatic rings. The first kappa shape index (κ1) is 19.4. The summed E-state index contributed by atoms with van der Waals surface area (Å²) in [5.41, 5.74) is 0.942. The molecule has 0 aliphatic carbocycles. The second-order valence-corrected chi connectivity index (χ2v) is 7.84. The highest BCUT2D eigenvalue weighted by molar-refractivity contribution is 5.96. The van der Waals surface area contributed by atoms with E-state index in [-0.39, 0.29) is 17.4 Å². The number of carbonyl (C=O) groups excluding carboxylic acids is 2. The Bertz CT molecular complexity index is 755. The Morgan fingerprint density at radius 2 is 1.81 bits per heavy atom. The SMILES string of the molecule is CN(C)C(=O)CN1CCCC12CCCN(C(=O)c1ccccc1C#N)CC2. The monoisotopic (exact) mass is 368 g/mol. The minimum atomic E-state index is -0.0573. The molecule has 1 aromatic rings. The summed E-state index contributed by atoms with van der Waals surface area (Å²) in [4.78, 5) is 31.1. The van der Waals surface area contributed by atoms with Crippen molar-refractivity contribution in [3.05, 3.63) is 35.4 Å². The van der Waals surface area contributed by atoms with Crippen molar-refractivity contribution in [2.45, 2.75) is 37.6 Å². The number of rotatable bonds is 3. The lowest BCUT2D eigenvalue weighted by atomic mass is 9.87. The Morgan fingerprint density at radius 3 is 2.52 bits per heavy atom. The van der Waals surface area contributed by atoms with Crippen molar-refractivity contribution >= 4 is 11.8 Å². The van der Waals surface area contributed by atoms with E-state index in [0.717, 1.165) is 38.6 Å². The van der Waals surface area contributed by atoms with Crippen molar-refractivity contribution in [1.29, 1.82) is 5.26 Å². The van der Waals surface area contributed by atoms with Crippen LogP contribution in [0, 0.1) is 11.3 Å². The molecule has 27 heavy (non-hydrogen) atoms. The maximum absolute atomic E-state index is 13.0. The lowest BCUT2D eigenvalue weighted by Gasteiger charge is -2.38. The van der Waals surface area contributed by atoms with Crippen molar-refractivity contribution in [2.24, 2.45) is 0 Å². The maximum atomic E-state index is 13.0. The van der Waals surface area contributed by atoms with Crippen LogP contribution in [0.2, 0.25) is 0 Å². The quantitative estimate of drug-likeness (QED) is 0.819. The van der Waals surface area contributed by atoms with Crippen molar-refractivity contribution in [3.8, 4) is 6.07 Å². The molecule has 2 saturated heterocycles. The molecular formula is C21H28N4O2. The summed E-state index contributed by atoms with van der Waals surface area (Å²) in [5, 5.41) is 9.29. The molecular weight excluding hydrogens is 340 g/mol. The predicted octanol–water partition coefficient (Wildman–Crippen LogP) is 2.11. The van der Waals surface area contributed by atoms with Gasteiger partial charge in [0.1, 0.15) is 0 Å². The zero-order valence-corrected chi connectivity index (χ0v) is 16.3. The molecule has 0 saturated carbocycles. The van der Waals surface area contributed by atoms with Crippen molar-refractivity contribution in [3.63, 3.8) is 0 Å². The number of nitrogens with zero attached hydrogens (tertiary/aromatic N) is 4. The minimum absolute atomic E-state index is 0.0233. The van der Waals surface area contributed by atoms with Crippen LogP contribution in [0.5, 0.6) is 0 Å². The highest BCUT2D eigenvalue weighted by Crippen LogP contribution is 2.38. The van der Waals surface area contributed by atoms with Gasteiger partial charge in [-0.25, -0.2) is 0 Å². The van der Waals surface area contributed by atoms with Crippen molar-refractivity contribution in [2.75, 3.05) is 40.3 Å². The lowest BCUT2D eigenvalue weighted by molar-refractivity contribution is -0.131. The number of hydrogen-bond acceptors (Lipinski definition) is 4. The highest BCUT2D eigenvalue weighted by Gasteiger charge is 2.43. The van der Waals surface area contributed by atoms with Gasteiger partial charge in [0, 0.05) is 32.7 Å². The van der Waals surface area contributed by atoms with Crippen molar-refractivity contribution in [1.82, 2.24) is 14.7 Å². The molecule has 2 aliphatic heterocycles. The van der Waals surface area contributed by atoms with E-state index in [4.69, 9.17) is 0 Å². The molecule has 1 spiro atoms. The van der Waals surface area contributed by atoms with E-state index in [1.54, 1.807) is 43.3 Å². The Morgan fingerprint density at radius 1 is 1.11 bits per heavy atom. The fourth-order valence-corrected chi connectivity index (χ4v) is 4.43.